The molecule has 0 aromatic rings. The van der Waals surface area contributed by atoms with Crippen LogP contribution in [0.3, 0.4) is 0 Å². The standard InChI is InChI=1S/C9H12N4/c1-2-13-8(5-10-1)3-7-4-11-12-6-9(7)13/h4-6,10-12H,1-3H2. The number of hydrogen-bond acceptors (Lipinski definition) is 4. The maximum Gasteiger partial charge on any atom is 0.0639 e. The fourth-order valence-electron chi connectivity index (χ4n) is 2.00. The lowest BCUT2D eigenvalue weighted by molar-refractivity contribution is 0.425. The number of nitrogens with one attached hydrogen (secondary N) is 3. The van der Waals surface area contributed by atoms with Crippen molar-refractivity contribution < 1.29 is 0 Å². The van der Waals surface area contributed by atoms with Gasteiger partial charge in [0, 0.05) is 49.4 Å². The third kappa shape index (κ3) is 0.915. The van der Waals surface area contributed by atoms with Crippen LogP contribution in [0.5, 0.6) is 0 Å². The van der Waals surface area contributed by atoms with Gasteiger partial charge in [-0.3, -0.25) is 0 Å². The van der Waals surface area contributed by atoms with Crippen molar-refractivity contribution in [2.45, 2.75) is 6.42 Å². The van der Waals surface area contributed by atoms with Crippen molar-refractivity contribution in [1.29, 1.82) is 0 Å². The fourth-order valence-corrected chi connectivity index (χ4v) is 2.00. The van der Waals surface area contributed by atoms with Gasteiger partial charge < -0.3 is 21.1 Å². The van der Waals surface area contributed by atoms with Crippen molar-refractivity contribution in [3.63, 3.8) is 0 Å². The van der Waals surface area contributed by atoms with Gasteiger partial charge in [-0.05, 0) is 0 Å². The van der Waals surface area contributed by atoms with Crippen LogP contribution in [-0.2, 0) is 0 Å². The Kier molecular flexibility index (Phi) is 1.30. The number of fused-ring (bicyclic) bond motifs is 3. The smallest absolute Gasteiger partial charge is 0.0639 e. The highest BCUT2D eigenvalue weighted by Crippen LogP contribution is 2.35. The van der Waals surface area contributed by atoms with Crippen LogP contribution >= 0.6 is 0 Å². The molecule has 4 heteroatoms. The Labute approximate surface area is 77.0 Å². The van der Waals surface area contributed by atoms with Gasteiger partial charge in [0.2, 0.25) is 0 Å². The molecule has 3 heterocycles. The molecule has 0 atom stereocenters. The van der Waals surface area contributed by atoms with Gasteiger partial charge in [-0.1, -0.05) is 0 Å². The normalized spacial score (nSPS) is 24.0. The van der Waals surface area contributed by atoms with Gasteiger partial charge in [-0.2, -0.15) is 0 Å². The minimum atomic E-state index is 1.03. The summed E-state index contributed by atoms with van der Waals surface area (Å²) in [5, 5.41) is 3.27. The summed E-state index contributed by atoms with van der Waals surface area (Å²) in [7, 11) is 0. The summed E-state index contributed by atoms with van der Waals surface area (Å²) in [5.41, 5.74) is 10.1. The lowest BCUT2D eigenvalue weighted by atomic mass is 10.2. The third-order valence-corrected chi connectivity index (χ3v) is 2.63. The summed E-state index contributed by atoms with van der Waals surface area (Å²) >= 11 is 0. The summed E-state index contributed by atoms with van der Waals surface area (Å²) in [4.78, 5) is 2.36. The maximum absolute atomic E-state index is 3.27. The van der Waals surface area contributed by atoms with Crippen LogP contribution in [-0.4, -0.2) is 18.0 Å². The monoisotopic (exact) mass is 176 g/mol. The molecule has 13 heavy (non-hydrogen) atoms. The summed E-state index contributed by atoms with van der Waals surface area (Å²) in [5.74, 6) is 0. The summed E-state index contributed by atoms with van der Waals surface area (Å²) in [6.07, 6.45) is 7.22. The quantitative estimate of drug-likeness (QED) is 0.484. The molecule has 3 N–H and O–H groups in total. The van der Waals surface area contributed by atoms with Crippen molar-refractivity contribution in [2.24, 2.45) is 0 Å². The van der Waals surface area contributed by atoms with Crippen LogP contribution in [0.15, 0.2) is 35.6 Å². The Morgan fingerprint density at radius 3 is 3.08 bits per heavy atom. The van der Waals surface area contributed by atoms with Crippen molar-refractivity contribution in [2.75, 3.05) is 13.1 Å². The fraction of sp³-hybridized carbons (Fsp3) is 0.333. The van der Waals surface area contributed by atoms with Crippen LogP contribution in [0.4, 0.5) is 0 Å². The van der Waals surface area contributed by atoms with Gasteiger partial charge in [0.15, 0.2) is 0 Å². The van der Waals surface area contributed by atoms with Gasteiger partial charge in [0.25, 0.3) is 0 Å². The Balaban J connectivity index is 2.03. The lowest BCUT2D eigenvalue weighted by Gasteiger charge is -2.26. The molecule has 3 rings (SSSR count). The molecule has 1 saturated heterocycles. The third-order valence-electron chi connectivity index (χ3n) is 2.63. The summed E-state index contributed by atoms with van der Waals surface area (Å²) < 4.78 is 0. The number of rotatable bonds is 0. The molecule has 1 fully saturated rings. The van der Waals surface area contributed by atoms with Gasteiger partial charge in [-0.25, -0.2) is 0 Å². The maximum atomic E-state index is 3.27. The molecule has 0 unspecified atom stereocenters. The van der Waals surface area contributed by atoms with E-state index in [1.807, 2.05) is 12.4 Å². The highest BCUT2D eigenvalue weighted by molar-refractivity contribution is 5.43. The van der Waals surface area contributed by atoms with E-state index in [1.165, 1.54) is 17.0 Å². The number of hydrogen-bond donors (Lipinski definition) is 3. The van der Waals surface area contributed by atoms with Crippen LogP contribution in [0.2, 0.25) is 0 Å². The molecule has 4 nitrogen and oxygen atoms in total. The van der Waals surface area contributed by atoms with E-state index in [2.05, 4.69) is 27.3 Å². The number of nitrogens with zero attached hydrogens (tertiary/aromatic N) is 1. The molecular formula is C9H12N4. The zero-order valence-corrected chi connectivity index (χ0v) is 7.30. The molecule has 0 aliphatic carbocycles. The van der Waals surface area contributed by atoms with Gasteiger partial charge >= 0.3 is 0 Å². The van der Waals surface area contributed by atoms with Crippen molar-refractivity contribution in [3.8, 4) is 0 Å². The molecule has 68 valence electrons. The Hall–Kier alpha value is -1.58. The zero-order valence-electron chi connectivity index (χ0n) is 7.30. The first-order valence-corrected chi connectivity index (χ1v) is 4.56. The largest absolute Gasteiger partial charge is 0.388 e. The van der Waals surface area contributed by atoms with E-state index >= 15 is 0 Å². The lowest BCUT2D eigenvalue weighted by Crippen LogP contribution is -2.34. The molecule has 0 spiro atoms. The molecule has 0 amide bonds. The predicted octanol–water partition coefficient (Wildman–Crippen LogP) is -0.0302. The second kappa shape index (κ2) is 2.45. The van der Waals surface area contributed by atoms with E-state index in [1.54, 1.807) is 0 Å². The van der Waals surface area contributed by atoms with Gasteiger partial charge in [0.05, 0.1) is 5.70 Å². The Morgan fingerprint density at radius 1 is 1.15 bits per heavy atom. The molecule has 0 bridgehead atoms. The number of hydrazine groups is 1. The molecule has 0 aromatic carbocycles. The van der Waals surface area contributed by atoms with E-state index in [-0.39, 0.29) is 0 Å². The van der Waals surface area contributed by atoms with Gasteiger partial charge in [0.1, 0.15) is 0 Å². The van der Waals surface area contributed by atoms with Crippen molar-refractivity contribution in [3.05, 3.63) is 35.6 Å². The number of allylic oxidation sites excluding steroid dienone is 2. The van der Waals surface area contributed by atoms with Crippen molar-refractivity contribution >= 4 is 0 Å². The van der Waals surface area contributed by atoms with E-state index in [4.69, 9.17) is 0 Å². The molecule has 0 radical (unpaired) electrons. The Bertz CT molecular complexity index is 327. The van der Waals surface area contributed by atoms with E-state index in [0.717, 1.165) is 19.5 Å². The Morgan fingerprint density at radius 2 is 2.08 bits per heavy atom. The predicted molar refractivity (Wildman–Crippen MR) is 49.8 cm³/mol. The first-order chi connectivity index (χ1) is 6.45. The van der Waals surface area contributed by atoms with E-state index in [9.17, 15) is 0 Å². The SMILES string of the molecule is C1=C2CC3=CNCCN3C2=CNN1. The van der Waals surface area contributed by atoms with Gasteiger partial charge in [-0.15, -0.1) is 0 Å². The molecule has 3 aliphatic rings. The average Bonchev–Trinajstić information content (AvgIpc) is 2.56. The second-order valence-electron chi connectivity index (χ2n) is 3.41. The van der Waals surface area contributed by atoms with Crippen LogP contribution < -0.4 is 16.2 Å². The van der Waals surface area contributed by atoms with Crippen LogP contribution in [0, 0.1) is 0 Å². The average molecular weight is 176 g/mol. The molecule has 3 aliphatic heterocycles. The zero-order chi connectivity index (χ0) is 8.67. The van der Waals surface area contributed by atoms with Crippen LogP contribution in [0.25, 0.3) is 0 Å². The second-order valence-corrected chi connectivity index (χ2v) is 3.41. The highest BCUT2D eigenvalue weighted by Gasteiger charge is 2.29. The molecule has 0 saturated carbocycles. The first-order valence-electron chi connectivity index (χ1n) is 4.56. The minimum Gasteiger partial charge on any atom is -0.388 e. The van der Waals surface area contributed by atoms with Crippen LogP contribution in [0.1, 0.15) is 6.42 Å². The first kappa shape index (κ1) is 6.88. The highest BCUT2D eigenvalue weighted by atomic mass is 15.4. The minimum absolute atomic E-state index is 1.03. The van der Waals surface area contributed by atoms with E-state index < -0.39 is 0 Å². The molecular weight excluding hydrogens is 164 g/mol. The summed E-state index contributed by atoms with van der Waals surface area (Å²) in [6, 6.07) is 0. The molecule has 0 aromatic heterocycles. The topological polar surface area (TPSA) is 39.3 Å². The summed E-state index contributed by atoms with van der Waals surface area (Å²) in [6.45, 7) is 2.10. The van der Waals surface area contributed by atoms with Crippen molar-refractivity contribution in [1.82, 2.24) is 21.1 Å². The van der Waals surface area contributed by atoms with E-state index in [0.29, 0.717) is 0 Å².